The lowest BCUT2D eigenvalue weighted by Crippen LogP contribution is -2.10. The third kappa shape index (κ3) is 4.65. The van der Waals surface area contributed by atoms with Crippen LogP contribution in [0, 0.1) is 13.8 Å². The van der Waals surface area contributed by atoms with E-state index < -0.39 is 0 Å². The van der Waals surface area contributed by atoms with Crippen LogP contribution < -0.4 is 14.2 Å². The smallest absolute Gasteiger partial charge is 0.161 e. The van der Waals surface area contributed by atoms with Gasteiger partial charge in [0.25, 0.3) is 0 Å². The summed E-state index contributed by atoms with van der Waals surface area (Å²) in [6, 6.07) is 8.89. The summed E-state index contributed by atoms with van der Waals surface area (Å²) >= 11 is 6.14. The first kappa shape index (κ1) is 18.1. The average Bonchev–Trinajstić information content (AvgIpc) is 2.57. The largest absolute Gasteiger partial charge is 0.490 e. The molecule has 24 heavy (non-hydrogen) atoms. The summed E-state index contributed by atoms with van der Waals surface area (Å²) in [6.45, 7) is 7.02. The Balaban J connectivity index is 1.93. The Bertz CT molecular complexity index is 690. The molecule has 5 heteroatoms. The van der Waals surface area contributed by atoms with Gasteiger partial charge in [0.05, 0.1) is 6.61 Å². The highest BCUT2D eigenvalue weighted by molar-refractivity contribution is 6.32. The van der Waals surface area contributed by atoms with E-state index >= 15 is 0 Å². The third-order valence-electron chi connectivity index (χ3n) is 3.42. The SMILES string of the molecule is CCOc1cc(C=O)ccc1OCCOc1cc(C)c(Cl)c(C)c1. The number of halogens is 1. The zero-order chi connectivity index (χ0) is 17.5. The molecule has 0 saturated carbocycles. The van der Waals surface area contributed by atoms with Crippen LogP contribution in [-0.2, 0) is 0 Å². The van der Waals surface area contributed by atoms with E-state index in [2.05, 4.69) is 0 Å². The van der Waals surface area contributed by atoms with Crippen LogP contribution in [0.1, 0.15) is 28.4 Å². The molecule has 0 saturated heterocycles. The summed E-state index contributed by atoms with van der Waals surface area (Å²) in [5, 5.41) is 0.759. The topological polar surface area (TPSA) is 44.8 Å². The Labute approximate surface area is 147 Å². The van der Waals surface area contributed by atoms with Gasteiger partial charge in [0.15, 0.2) is 11.5 Å². The van der Waals surface area contributed by atoms with Gasteiger partial charge in [-0.3, -0.25) is 4.79 Å². The Morgan fingerprint density at radius 1 is 0.958 bits per heavy atom. The van der Waals surface area contributed by atoms with Gasteiger partial charge in [-0.2, -0.15) is 0 Å². The Morgan fingerprint density at radius 2 is 1.62 bits per heavy atom. The van der Waals surface area contributed by atoms with E-state index in [-0.39, 0.29) is 0 Å². The molecule has 0 spiro atoms. The van der Waals surface area contributed by atoms with E-state index in [1.807, 2.05) is 32.9 Å². The molecule has 0 amide bonds. The summed E-state index contributed by atoms with van der Waals surface area (Å²) in [5.74, 6) is 1.91. The fourth-order valence-corrected chi connectivity index (χ4v) is 2.40. The van der Waals surface area contributed by atoms with Crippen LogP contribution in [0.4, 0.5) is 0 Å². The lowest BCUT2D eigenvalue weighted by molar-refractivity contribution is 0.112. The molecular weight excluding hydrogens is 328 g/mol. The number of aryl methyl sites for hydroxylation is 2. The molecular formula is C19H21ClO4. The number of benzene rings is 2. The van der Waals surface area contributed by atoms with Crippen molar-refractivity contribution < 1.29 is 19.0 Å². The van der Waals surface area contributed by atoms with Gasteiger partial charge in [0, 0.05) is 10.6 Å². The summed E-state index contributed by atoms with van der Waals surface area (Å²) in [4.78, 5) is 10.8. The van der Waals surface area contributed by atoms with Crippen molar-refractivity contribution in [1.82, 2.24) is 0 Å². The molecule has 0 aromatic heterocycles. The van der Waals surface area contributed by atoms with Crippen LogP contribution in [0.2, 0.25) is 5.02 Å². The van der Waals surface area contributed by atoms with Crippen molar-refractivity contribution in [2.75, 3.05) is 19.8 Å². The monoisotopic (exact) mass is 348 g/mol. The normalized spacial score (nSPS) is 10.3. The van der Waals surface area contributed by atoms with Crippen LogP contribution in [-0.4, -0.2) is 26.1 Å². The molecule has 4 nitrogen and oxygen atoms in total. The number of rotatable bonds is 8. The zero-order valence-electron chi connectivity index (χ0n) is 14.1. The second-order valence-corrected chi connectivity index (χ2v) is 5.70. The van der Waals surface area contributed by atoms with E-state index in [1.54, 1.807) is 18.2 Å². The van der Waals surface area contributed by atoms with Crippen LogP contribution in [0.15, 0.2) is 30.3 Å². The van der Waals surface area contributed by atoms with E-state index in [0.29, 0.717) is 36.9 Å². The minimum absolute atomic E-state index is 0.362. The first-order valence-electron chi connectivity index (χ1n) is 7.79. The number of aldehydes is 1. The van der Waals surface area contributed by atoms with Crippen molar-refractivity contribution in [3.63, 3.8) is 0 Å². The number of hydrogen-bond donors (Lipinski definition) is 0. The maximum atomic E-state index is 10.8. The maximum absolute atomic E-state index is 10.8. The van der Waals surface area contributed by atoms with Gasteiger partial charge in [-0.15, -0.1) is 0 Å². The maximum Gasteiger partial charge on any atom is 0.161 e. The minimum atomic E-state index is 0.362. The van der Waals surface area contributed by atoms with Crippen molar-refractivity contribution in [3.05, 3.63) is 52.0 Å². The number of ether oxygens (including phenoxy) is 3. The molecule has 2 aromatic carbocycles. The van der Waals surface area contributed by atoms with Crippen molar-refractivity contribution >= 4 is 17.9 Å². The third-order valence-corrected chi connectivity index (χ3v) is 4.02. The van der Waals surface area contributed by atoms with Gasteiger partial charge in [-0.25, -0.2) is 0 Å². The Hall–Kier alpha value is -2.20. The predicted molar refractivity (Wildman–Crippen MR) is 94.9 cm³/mol. The Morgan fingerprint density at radius 3 is 2.25 bits per heavy atom. The van der Waals surface area contributed by atoms with Gasteiger partial charge < -0.3 is 14.2 Å². The van der Waals surface area contributed by atoms with Gasteiger partial charge >= 0.3 is 0 Å². The predicted octanol–water partition coefficient (Wildman–Crippen LogP) is 4.63. The van der Waals surface area contributed by atoms with Crippen molar-refractivity contribution in [2.24, 2.45) is 0 Å². The van der Waals surface area contributed by atoms with Gasteiger partial charge in [-0.1, -0.05) is 11.6 Å². The number of carbonyl (C=O) groups excluding carboxylic acids is 1. The molecule has 0 aliphatic carbocycles. The molecule has 0 N–H and O–H groups in total. The van der Waals surface area contributed by atoms with E-state index in [4.69, 9.17) is 25.8 Å². The highest BCUT2D eigenvalue weighted by atomic mass is 35.5. The summed E-state index contributed by atoms with van der Waals surface area (Å²) in [5.41, 5.74) is 2.51. The van der Waals surface area contributed by atoms with Crippen LogP contribution in [0.25, 0.3) is 0 Å². The van der Waals surface area contributed by atoms with E-state index in [0.717, 1.165) is 28.2 Å². The first-order chi connectivity index (χ1) is 11.5. The molecule has 2 rings (SSSR count). The zero-order valence-corrected chi connectivity index (χ0v) is 14.9. The highest BCUT2D eigenvalue weighted by Gasteiger charge is 2.07. The minimum Gasteiger partial charge on any atom is -0.490 e. The van der Waals surface area contributed by atoms with Gasteiger partial charge in [0.1, 0.15) is 25.2 Å². The summed E-state index contributed by atoms with van der Waals surface area (Å²) in [6.07, 6.45) is 0.778. The van der Waals surface area contributed by atoms with Crippen molar-refractivity contribution in [2.45, 2.75) is 20.8 Å². The fraction of sp³-hybridized carbons (Fsp3) is 0.316. The summed E-state index contributed by atoms with van der Waals surface area (Å²) < 4.78 is 16.9. The molecule has 0 radical (unpaired) electrons. The second kappa shape index (κ2) is 8.60. The molecule has 2 aromatic rings. The van der Waals surface area contributed by atoms with Gasteiger partial charge in [-0.05, 0) is 62.2 Å². The molecule has 0 fully saturated rings. The quantitative estimate of drug-likeness (QED) is 0.515. The lowest BCUT2D eigenvalue weighted by Gasteiger charge is -2.13. The molecule has 0 aliphatic rings. The number of carbonyl (C=O) groups is 1. The molecule has 0 heterocycles. The highest BCUT2D eigenvalue weighted by Crippen LogP contribution is 2.28. The van der Waals surface area contributed by atoms with Crippen LogP contribution >= 0.6 is 11.6 Å². The first-order valence-corrected chi connectivity index (χ1v) is 8.17. The lowest BCUT2D eigenvalue weighted by atomic mass is 10.1. The van der Waals surface area contributed by atoms with Crippen LogP contribution in [0.3, 0.4) is 0 Å². The molecule has 0 bridgehead atoms. The number of hydrogen-bond acceptors (Lipinski definition) is 4. The molecule has 128 valence electrons. The molecule has 0 atom stereocenters. The molecule has 0 aliphatic heterocycles. The van der Waals surface area contributed by atoms with Crippen molar-refractivity contribution in [3.8, 4) is 17.2 Å². The van der Waals surface area contributed by atoms with Crippen LogP contribution in [0.5, 0.6) is 17.2 Å². The van der Waals surface area contributed by atoms with E-state index in [1.165, 1.54) is 0 Å². The Kier molecular flexibility index (Phi) is 6.50. The molecule has 0 unspecified atom stereocenters. The standard InChI is InChI=1S/C19H21ClO4/c1-4-22-18-11-15(12-21)5-6-17(18)24-8-7-23-16-9-13(2)19(20)14(3)10-16/h5-6,9-12H,4,7-8H2,1-3H3. The summed E-state index contributed by atoms with van der Waals surface area (Å²) in [7, 11) is 0. The fourth-order valence-electron chi connectivity index (χ4n) is 2.29. The van der Waals surface area contributed by atoms with E-state index in [9.17, 15) is 4.79 Å². The van der Waals surface area contributed by atoms with Crippen molar-refractivity contribution in [1.29, 1.82) is 0 Å². The average molecular weight is 349 g/mol. The van der Waals surface area contributed by atoms with Gasteiger partial charge in [0.2, 0.25) is 0 Å². The second-order valence-electron chi connectivity index (χ2n) is 5.33.